The Morgan fingerprint density at radius 2 is 1.58 bits per heavy atom. The van der Waals surface area contributed by atoms with E-state index < -0.39 is 0 Å². The number of amides is 2. The van der Waals surface area contributed by atoms with Gasteiger partial charge in [-0.05, 0) is 45.2 Å². The SMILES string of the molecule is Cc1nn(-c2ccccc2)c(Cl)c1C(=O)N1CCN([C@@H](C)C(=O)N2CCCCC2)CC1. The fourth-order valence-electron chi connectivity index (χ4n) is 4.49. The number of hydrogen-bond acceptors (Lipinski definition) is 4. The highest BCUT2D eigenvalue weighted by atomic mass is 35.5. The van der Waals surface area contributed by atoms with E-state index in [0.717, 1.165) is 31.6 Å². The summed E-state index contributed by atoms with van der Waals surface area (Å²) in [7, 11) is 0. The van der Waals surface area contributed by atoms with Crippen molar-refractivity contribution in [2.24, 2.45) is 0 Å². The van der Waals surface area contributed by atoms with Crippen LogP contribution in [0.1, 0.15) is 42.2 Å². The van der Waals surface area contributed by atoms with E-state index in [-0.39, 0.29) is 17.9 Å². The third kappa shape index (κ3) is 4.48. The summed E-state index contributed by atoms with van der Waals surface area (Å²) < 4.78 is 1.61. The van der Waals surface area contributed by atoms with Crippen LogP contribution in [-0.4, -0.2) is 81.6 Å². The number of carbonyl (C=O) groups is 2. The first-order valence-electron chi connectivity index (χ1n) is 11.1. The van der Waals surface area contributed by atoms with Gasteiger partial charge in [-0.1, -0.05) is 29.8 Å². The molecule has 0 bridgehead atoms. The van der Waals surface area contributed by atoms with Gasteiger partial charge in [-0.15, -0.1) is 0 Å². The second kappa shape index (κ2) is 9.40. The molecule has 0 unspecified atom stereocenters. The molecule has 166 valence electrons. The lowest BCUT2D eigenvalue weighted by Gasteiger charge is -2.39. The number of benzene rings is 1. The molecule has 2 fully saturated rings. The topological polar surface area (TPSA) is 61.7 Å². The molecule has 8 heteroatoms. The van der Waals surface area contributed by atoms with Crippen molar-refractivity contribution >= 4 is 23.4 Å². The molecule has 7 nitrogen and oxygen atoms in total. The number of piperazine rings is 1. The Morgan fingerprint density at radius 1 is 0.935 bits per heavy atom. The number of halogens is 1. The number of nitrogens with zero attached hydrogens (tertiary/aromatic N) is 5. The Hall–Kier alpha value is -2.38. The summed E-state index contributed by atoms with van der Waals surface area (Å²) in [4.78, 5) is 32.1. The van der Waals surface area contributed by atoms with Gasteiger partial charge < -0.3 is 9.80 Å². The number of aromatic nitrogens is 2. The Morgan fingerprint density at radius 3 is 2.23 bits per heavy atom. The molecule has 3 heterocycles. The lowest BCUT2D eigenvalue weighted by atomic mass is 10.1. The van der Waals surface area contributed by atoms with Crippen LogP contribution in [0.4, 0.5) is 0 Å². The molecule has 2 aliphatic heterocycles. The minimum absolute atomic E-state index is 0.0978. The predicted molar refractivity (Wildman–Crippen MR) is 121 cm³/mol. The van der Waals surface area contributed by atoms with Crippen LogP contribution in [0, 0.1) is 6.92 Å². The molecule has 2 aromatic rings. The zero-order valence-electron chi connectivity index (χ0n) is 18.3. The minimum Gasteiger partial charge on any atom is -0.341 e. The van der Waals surface area contributed by atoms with Crippen LogP contribution in [0.15, 0.2) is 30.3 Å². The van der Waals surface area contributed by atoms with Crippen molar-refractivity contribution in [3.05, 3.63) is 46.7 Å². The van der Waals surface area contributed by atoms with Gasteiger partial charge in [0.25, 0.3) is 5.91 Å². The maximum atomic E-state index is 13.2. The molecule has 4 rings (SSSR count). The van der Waals surface area contributed by atoms with Crippen LogP contribution in [0.2, 0.25) is 5.15 Å². The van der Waals surface area contributed by atoms with Crippen LogP contribution < -0.4 is 0 Å². The van der Waals surface area contributed by atoms with Crippen molar-refractivity contribution in [1.29, 1.82) is 0 Å². The zero-order chi connectivity index (χ0) is 22.0. The summed E-state index contributed by atoms with van der Waals surface area (Å²) in [5, 5.41) is 4.83. The second-order valence-corrected chi connectivity index (χ2v) is 8.75. The molecule has 2 aliphatic rings. The van der Waals surface area contributed by atoms with Crippen molar-refractivity contribution in [2.45, 2.75) is 39.2 Å². The van der Waals surface area contributed by atoms with E-state index in [1.54, 1.807) is 4.68 Å². The number of hydrogen-bond donors (Lipinski definition) is 0. The number of carbonyl (C=O) groups excluding carboxylic acids is 2. The maximum Gasteiger partial charge on any atom is 0.258 e. The molecule has 2 amide bonds. The molecule has 1 atom stereocenters. The average Bonchev–Trinajstić information content (AvgIpc) is 3.12. The van der Waals surface area contributed by atoms with Gasteiger partial charge in [0.15, 0.2) is 0 Å². The van der Waals surface area contributed by atoms with E-state index >= 15 is 0 Å². The largest absolute Gasteiger partial charge is 0.341 e. The lowest BCUT2D eigenvalue weighted by molar-refractivity contribution is -0.137. The first-order chi connectivity index (χ1) is 15.0. The summed E-state index contributed by atoms with van der Waals surface area (Å²) in [5.41, 5.74) is 1.90. The van der Waals surface area contributed by atoms with E-state index in [1.165, 1.54) is 6.42 Å². The Kier molecular flexibility index (Phi) is 6.62. The molecular weight excluding hydrogens is 414 g/mol. The van der Waals surface area contributed by atoms with Gasteiger partial charge in [-0.3, -0.25) is 14.5 Å². The summed E-state index contributed by atoms with van der Waals surface area (Å²) in [6.07, 6.45) is 3.40. The summed E-state index contributed by atoms with van der Waals surface area (Å²) in [5.74, 6) is 0.113. The van der Waals surface area contributed by atoms with E-state index in [1.807, 2.05) is 54.0 Å². The van der Waals surface area contributed by atoms with Crippen LogP contribution in [-0.2, 0) is 4.79 Å². The molecule has 0 N–H and O–H groups in total. The molecule has 1 aromatic carbocycles. The van der Waals surface area contributed by atoms with E-state index in [4.69, 9.17) is 11.6 Å². The molecule has 31 heavy (non-hydrogen) atoms. The standard InChI is InChI=1S/C23H30ClN5O2/c1-17-20(21(24)29(25-17)19-9-5-3-6-10-19)23(31)28-15-13-26(14-16-28)18(2)22(30)27-11-7-4-8-12-27/h3,5-6,9-10,18H,4,7-8,11-16H2,1-2H3/t18-/m0/s1. The fourth-order valence-corrected chi connectivity index (χ4v) is 4.84. The molecule has 0 aliphatic carbocycles. The van der Waals surface area contributed by atoms with Crippen LogP contribution in [0.3, 0.4) is 0 Å². The van der Waals surface area contributed by atoms with Gasteiger partial charge in [0.2, 0.25) is 5.91 Å². The monoisotopic (exact) mass is 443 g/mol. The van der Waals surface area contributed by atoms with E-state index in [2.05, 4.69) is 10.00 Å². The Labute approximate surface area is 188 Å². The van der Waals surface area contributed by atoms with Crippen molar-refractivity contribution in [1.82, 2.24) is 24.5 Å². The van der Waals surface area contributed by atoms with Crippen molar-refractivity contribution in [3.63, 3.8) is 0 Å². The minimum atomic E-state index is -0.151. The molecule has 0 spiro atoms. The first-order valence-corrected chi connectivity index (χ1v) is 11.5. The number of piperidine rings is 1. The highest BCUT2D eigenvalue weighted by Crippen LogP contribution is 2.25. The maximum absolute atomic E-state index is 13.2. The first kappa shape index (κ1) is 21.8. The van der Waals surface area contributed by atoms with E-state index in [0.29, 0.717) is 42.6 Å². The highest BCUT2D eigenvalue weighted by Gasteiger charge is 2.32. The van der Waals surface area contributed by atoms with E-state index in [9.17, 15) is 9.59 Å². The van der Waals surface area contributed by atoms with Crippen molar-refractivity contribution in [3.8, 4) is 5.69 Å². The summed E-state index contributed by atoms with van der Waals surface area (Å²) >= 11 is 6.58. The third-order valence-corrected chi connectivity index (χ3v) is 6.74. The number of rotatable bonds is 4. The lowest BCUT2D eigenvalue weighted by Crippen LogP contribution is -2.56. The Balaban J connectivity index is 1.41. The second-order valence-electron chi connectivity index (χ2n) is 8.39. The van der Waals surface area contributed by atoms with Gasteiger partial charge in [-0.2, -0.15) is 5.10 Å². The smallest absolute Gasteiger partial charge is 0.258 e. The Bertz CT molecular complexity index is 931. The normalized spacial score (nSPS) is 18.8. The zero-order valence-corrected chi connectivity index (χ0v) is 19.0. The average molecular weight is 444 g/mol. The summed E-state index contributed by atoms with van der Waals surface area (Å²) in [6.45, 7) is 8.03. The predicted octanol–water partition coefficient (Wildman–Crippen LogP) is 2.99. The van der Waals surface area contributed by atoms with Crippen LogP contribution in [0.5, 0.6) is 0 Å². The number of para-hydroxylation sites is 1. The van der Waals surface area contributed by atoms with Crippen LogP contribution >= 0.6 is 11.6 Å². The number of aryl methyl sites for hydroxylation is 1. The van der Waals surface area contributed by atoms with Crippen molar-refractivity contribution < 1.29 is 9.59 Å². The van der Waals surface area contributed by atoms with Gasteiger partial charge in [0, 0.05) is 39.3 Å². The van der Waals surface area contributed by atoms with Gasteiger partial charge in [0.05, 0.1) is 23.0 Å². The molecular formula is C23H30ClN5O2. The summed E-state index contributed by atoms with van der Waals surface area (Å²) in [6, 6.07) is 9.42. The van der Waals surface area contributed by atoms with Gasteiger partial charge in [-0.25, -0.2) is 4.68 Å². The molecule has 0 radical (unpaired) electrons. The molecule has 1 aromatic heterocycles. The molecule has 0 saturated carbocycles. The quantitative estimate of drug-likeness (QED) is 0.728. The van der Waals surface area contributed by atoms with Crippen molar-refractivity contribution in [2.75, 3.05) is 39.3 Å². The third-order valence-electron chi connectivity index (χ3n) is 6.39. The fraction of sp³-hybridized carbons (Fsp3) is 0.522. The molecule has 2 saturated heterocycles. The van der Waals surface area contributed by atoms with Gasteiger partial charge >= 0.3 is 0 Å². The van der Waals surface area contributed by atoms with Crippen LogP contribution in [0.25, 0.3) is 5.69 Å². The highest BCUT2D eigenvalue weighted by molar-refractivity contribution is 6.33. The van der Waals surface area contributed by atoms with Gasteiger partial charge in [0.1, 0.15) is 5.15 Å². The number of likely N-dealkylation sites (tertiary alicyclic amines) is 1.